The van der Waals surface area contributed by atoms with Gasteiger partial charge in [0.2, 0.25) is 0 Å². The lowest BCUT2D eigenvalue weighted by Crippen LogP contribution is -2.29. The molecule has 0 saturated heterocycles. The van der Waals surface area contributed by atoms with Crippen LogP contribution in [0.25, 0.3) is 0 Å². The fourth-order valence-corrected chi connectivity index (χ4v) is 1.75. The zero-order valence-corrected chi connectivity index (χ0v) is 13.3. The summed E-state index contributed by atoms with van der Waals surface area (Å²) >= 11 is 6.18. The van der Waals surface area contributed by atoms with Gasteiger partial charge in [-0.3, -0.25) is 0 Å². The van der Waals surface area contributed by atoms with Crippen molar-refractivity contribution in [2.75, 3.05) is 39.1 Å². The molecule has 1 aromatic rings. The molecule has 0 aliphatic carbocycles. The van der Waals surface area contributed by atoms with Crippen LogP contribution in [0.15, 0.2) is 12.1 Å². The molecule has 0 unspecified atom stereocenters. The third-order valence-corrected chi connectivity index (χ3v) is 3.20. The Morgan fingerprint density at radius 3 is 2.47 bits per heavy atom. The van der Waals surface area contributed by atoms with Crippen LogP contribution in [0.2, 0.25) is 5.02 Å². The molecule has 108 valence electrons. The monoisotopic (exact) mass is 284 g/mol. The highest BCUT2D eigenvalue weighted by Crippen LogP contribution is 2.18. The second-order valence-corrected chi connectivity index (χ2v) is 5.77. The van der Waals surface area contributed by atoms with Gasteiger partial charge in [0.05, 0.1) is 10.7 Å². The molecule has 0 spiro atoms. The van der Waals surface area contributed by atoms with Gasteiger partial charge >= 0.3 is 0 Å². The SMILES string of the molecule is CC(C)NCc1nc(N(C)CCN(C)C)ccc1Cl. The average molecular weight is 285 g/mol. The second kappa shape index (κ2) is 7.68. The predicted octanol–water partition coefficient (Wildman–Crippen LogP) is 2.23. The third-order valence-electron chi connectivity index (χ3n) is 2.86. The molecule has 1 rings (SSSR count). The molecule has 4 nitrogen and oxygen atoms in total. The van der Waals surface area contributed by atoms with Crippen molar-refractivity contribution < 1.29 is 0 Å². The van der Waals surface area contributed by atoms with Gasteiger partial charge in [0.25, 0.3) is 0 Å². The Bertz CT molecular complexity index is 393. The van der Waals surface area contributed by atoms with E-state index in [0.29, 0.717) is 12.6 Å². The minimum Gasteiger partial charge on any atom is -0.358 e. The normalized spacial score (nSPS) is 11.4. The summed E-state index contributed by atoms with van der Waals surface area (Å²) in [6, 6.07) is 4.32. The molecule has 1 heterocycles. The van der Waals surface area contributed by atoms with E-state index in [1.54, 1.807) is 0 Å². The standard InChI is InChI=1S/C14H25ClN4/c1-11(2)16-10-13-12(15)6-7-14(17-13)19(5)9-8-18(3)4/h6-7,11,16H,8-10H2,1-5H3. The summed E-state index contributed by atoms with van der Waals surface area (Å²) in [4.78, 5) is 8.94. The van der Waals surface area contributed by atoms with Gasteiger partial charge in [0, 0.05) is 32.7 Å². The summed E-state index contributed by atoms with van der Waals surface area (Å²) in [5, 5.41) is 4.07. The van der Waals surface area contributed by atoms with E-state index in [1.165, 1.54) is 0 Å². The minimum atomic E-state index is 0.424. The molecule has 19 heavy (non-hydrogen) atoms. The van der Waals surface area contributed by atoms with Crippen molar-refractivity contribution in [2.24, 2.45) is 0 Å². The number of nitrogens with one attached hydrogen (secondary N) is 1. The Morgan fingerprint density at radius 1 is 1.21 bits per heavy atom. The molecule has 0 saturated carbocycles. The van der Waals surface area contributed by atoms with E-state index in [-0.39, 0.29) is 0 Å². The van der Waals surface area contributed by atoms with Crippen LogP contribution in [0.3, 0.4) is 0 Å². The quantitative estimate of drug-likeness (QED) is 0.832. The maximum Gasteiger partial charge on any atom is 0.128 e. The fraction of sp³-hybridized carbons (Fsp3) is 0.643. The number of anilines is 1. The van der Waals surface area contributed by atoms with Crippen molar-refractivity contribution >= 4 is 17.4 Å². The van der Waals surface area contributed by atoms with Crippen molar-refractivity contribution in [1.29, 1.82) is 0 Å². The first-order chi connectivity index (χ1) is 8.90. The summed E-state index contributed by atoms with van der Waals surface area (Å²) in [7, 11) is 6.20. The maximum atomic E-state index is 6.18. The molecular formula is C14H25ClN4. The van der Waals surface area contributed by atoms with Crippen molar-refractivity contribution in [1.82, 2.24) is 15.2 Å². The van der Waals surface area contributed by atoms with Crippen LogP contribution in [-0.4, -0.2) is 50.2 Å². The van der Waals surface area contributed by atoms with E-state index in [1.807, 2.05) is 12.1 Å². The zero-order chi connectivity index (χ0) is 14.4. The molecule has 0 radical (unpaired) electrons. The van der Waals surface area contributed by atoms with Gasteiger partial charge in [-0.2, -0.15) is 0 Å². The molecule has 1 N–H and O–H groups in total. The van der Waals surface area contributed by atoms with Crippen LogP contribution in [0, 0.1) is 0 Å². The number of aromatic nitrogens is 1. The van der Waals surface area contributed by atoms with E-state index < -0.39 is 0 Å². The van der Waals surface area contributed by atoms with E-state index in [4.69, 9.17) is 11.6 Å². The first-order valence-corrected chi connectivity index (χ1v) is 7.02. The predicted molar refractivity (Wildman–Crippen MR) is 83.0 cm³/mol. The fourth-order valence-electron chi connectivity index (χ4n) is 1.57. The van der Waals surface area contributed by atoms with Gasteiger partial charge in [-0.05, 0) is 26.2 Å². The van der Waals surface area contributed by atoms with Gasteiger partial charge in [-0.15, -0.1) is 0 Å². The molecule has 0 bridgehead atoms. The average Bonchev–Trinajstić information content (AvgIpc) is 2.34. The highest BCUT2D eigenvalue weighted by Gasteiger charge is 2.08. The number of likely N-dealkylation sites (N-methyl/N-ethyl adjacent to an activating group) is 2. The summed E-state index contributed by atoms with van der Waals surface area (Å²) < 4.78 is 0. The first kappa shape index (κ1) is 16.2. The Morgan fingerprint density at radius 2 is 1.89 bits per heavy atom. The van der Waals surface area contributed by atoms with Crippen molar-refractivity contribution in [3.63, 3.8) is 0 Å². The second-order valence-electron chi connectivity index (χ2n) is 5.36. The van der Waals surface area contributed by atoms with Crippen molar-refractivity contribution in [2.45, 2.75) is 26.4 Å². The van der Waals surface area contributed by atoms with Crippen LogP contribution >= 0.6 is 11.6 Å². The van der Waals surface area contributed by atoms with Gasteiger partial charge in [-0.25, -0.2) is 4.98 Å². The molecule has 0 fully saturated rings. The summed E-state index contributed by atoms with van der Waals surface area (Å²) in [5.41, 5.74) is 0.907. The lowest BCUT2D eigenvalue weighted by atomic mass is 10.3. The van der Waals surface area contributed by atoms with E-state index in [9.17, 15) is 0 Å². The molecular weight excluding hydrogens is 260 g/mol. The van der Waals surface area contributed by atoms with Crippen LogP contribution < -0.4 is 10.2 Å². The number of halogens is 1. The minimum absolute atomic E-state index is 0.424. The molecule has 0 aromatic carbocycles. The topological polar surface area (TPSA) is 31.4 Å². The molecule has 1 aromatic heterocycles. The van der Waals surface area contributed by atoms with Crippen LogP contribution in [0.5, 0.6) is 0 Å². The van der Waals surface area contributed by atoms with Crippen LogP contribution in [0.1, 0.15) is 19.5 Å². The van der Waals surface area contributed by atoms with E-state index in [2.05, 4.69) is 55.1 Å². The Kier molecular flexibility index (Phi) is 6.55. The number of hydrogen-bond donors (Lipinski definition) is 1. The summed E-state index contributed by atoms with van der Waals surface area (Å²) in [6.45, 7) is 6.87. The van der Waals surface area contributed by atoms with Gasteiger partial charge in [0.1, 0.15) is 5.82 Å². The Balaban J connectivity index is 2.71. The highest BCUT2D eigenvalue weighted by atomic mass is 35.5. The molecule has 0 aliphatic rings. The number of rotatable bonds is 7. The Hall–Kier alpha value is -0.840. The molecule has 5 heteroatoms. The zero-order valence-electron chi connectivity index (χ0n) is 12.6. The molecule has 0 atom stereocenters. The van der Waals surface area contributed by atoms with Gasteiger partial charge in [0.15, 0.2) is 0 Å². The lowest BCUT2D eigenvalue weighted by Gasteiger charge is -2.21. The summed E-state index contributed by atoms with van der Waals surface area (Å²) in [6.07, 6.45) is 0. The first-order valence-electron chi connectivity index (χ1n) is 6.65. The molecule has 0 aliphatic heterocycles. The van der Waals surface area contributed by atoms with Crippen molar-refractivity contribution in [3.05, 3.63) is 22.8 Å². The lowest BCUT2D eigenvalue weighted by molar-refractivity contribution is 0.416. The maximum absolute atomic E-state index is 6.18. The number of nitrogens with zero attached hydrogens (tertiary/aromatic N) is 3. The smallest absolute Gasteiger partial charge is 0.128 e. The number of pyridine rings is 1. The largest absolute Gasteiger partial charge is 0.358 e. The van der Waals surface area contributed by atoms with E-state index >= 15 is 0 Å². The number of hydrogen-bond acceptors (Lipinski definition) is 4. The van der Waals surface area contributed by atoms with Gasteiger partial charge < -0.3 is 15.1 Å². The van der Waals surface area contributed by atoms with Crippen molar-refractivity contribution in [3.8, 4) is 0 Å². The summed E-state index contributed by atoms with van der Waals surface area (Å²) in [5.74, 6) is 0.965. The van der Waals surface area contributed by atoms with Crippen LogP contribution in [-0.2, 0) is 6.54 Å². The van der Waals surface area contributed by atoms with Gasteiger partial charge in [-0.1, -0.05) is 25.4 Å². The van der Waals surface area contributed by atoms with Crippen LogP contribution in [0.4, 0.5) is 5.82 Å². The third kappa shape index (κ3) is 5.76. The highest BCUT2D eigenvalue weighted by molar-refractivity contribution is 6.31. The molecule has 0 amide bonds. The Labute approximate surface area is 121 Å². The van der Waals surface area contributed by atoms with E-state index in [0.717, 1.165) is 29.6 Å².